The highest BCUT2D eigenvalue weighted by atomic mass is 16.6. The van der Waals surface area contributed by atoms with Crippen molar-refractivity contribution in [2.24, 2.45) is 0 Å². The molecular formula is C51H57N7O4. The largest absolute Gasteiger partial charge is 0.491 e. The summed E-state index contributed by atoms with van der Waals surface area (Å²) in [5.41, 5.74) is 11.1. The van der Waals surface area contributed by atoms with Crippen LogP contribution < -0.4 is 14.5 Å². The molecule has 0 spiro atoms. The van der Waals surface area contributed by atoms with Gasteiger partial charge in [0.25, 0.3) is 0 Å². The number of carbonyl (C=O) groups is 1. The number of rotatable bonds is 14. The second-order valence-corrected chi connectivity index (χ2v) is 16.4. The summed E-state index contributed by atoms with van der Waals surface area (Å²) in [6.07, 6.45) is 0. The molecule has 0 N–H and O–H groups in total. The molecular weight excluding hydrogens is 775 g/mol. The topological polar surface area (TPSA) is 80.5 Å². The number of fused-ring (bicyclic) bond motifs is 3. The Kier molecular flexibility index (Phi) is 12.3. The van der Waals surface area contributed by atoms with Crippen molar-refractivity contribution >= 4 is 39.1 Å². The third kappa shape index (κ3) is 8.66. The third-order valence-electron chi connectivity index (χ3n) is 12.4. The molecule has 2 fully saturated rings. The number of hydrogen-bond donors (Lipinski definition) is 0. The zero-order chi connectivity index (χ0) is 42.6. The van der Waals surface area contributed by atoms with E-state index in [1.54, 1.807) is 0 Å². The van der Waals surface area contributed by atoms with E-state index in [0.717, 1.165) is 104 Å². The van der Waals surface area contributed by atoms with Gasteiger partial charge in [-0.3, -0.25) is 9.36 Å². The van der Waals surface area contributed by atoms with E-state index in [4.69, 9.17) is 19.2 Å². The van der Waals surface area contributed by atoms with Gasteiger partial charge in [0.05, 0.1) is 24.6 Å². The number of anilines is 2. The first-order valence-electron chi connectivity index (χ1n) is 22.0. The van der Waals surface area contributed by atoms with E-state index in [1.807, 2.05) is 12.1 Å². The van der Waals surface area contributed by atoms with E-state index in [2.05, 4.69) is 153 Å². The molecule has 0 bridgehead atoms. The van der Waals surface area contributed by atoms with Crippen LogP contribution in [0, 0.1) is 0 Å². The van der Waals surface area contributed by atoms with Crippen LogP contribution in [-0.2, 0) is 20.8 Å². The highest BCUT2D eigenvalue weighted by molar-refractivity contribution is 6.09. The summed E-state index contributed by atoms with van der Waals surface area (Å²) in [6.45, 7) is 14.1. The van der Waals surface area contributed by atoms with Gasteiger partial charge in [0, 0.05) is 121 Å². The van der Waals surface area contributed by atoms with Gasteiger partial charge in [-0.05, 0) is 93.8 Å². The van der Waals surface area contributed by atoms with Gasteiger partial charge >= 0.3 is 5.97 Å². The smallest absolute Gasteiger partial charge is 0.302 e. The lowest BCUT2D eigenvalue weighted by atomic mass is 10.0. The Bertz CT molecular complexity index is 2620. The summed E-state index contributed by atoms with van der Waals surface area (Å²) < 4.78 is 21.4. The Balaban J connectivity index is 1.15. The normalized spacial score (nSPS) is 15.2. The number of ether oxygens (including phenoxy) is 3. The molecule has 11 heteroatoms. The highest BCUT2D eigenvalue weighted by Crippen LogP contribution is 2.41. The zero-order valence-electron chi connectivity index (χ0n) is 36.4. The molecule has 0 radical (unpaired) electrons. The van der Waals surface area contributed by atoms with Crippen molar-refractivity contribution in [2.45, 2.75) is 20.4 Å². The summed E-state index contributed by atoms with van der Waals surface area (Å²) in [7, 11) is 4.39. The molecule has 62 heavy (non-hydrogen) atoms. The number of aromatic nitrogens is 3. The van der Waals surface area contributed by atoms with E-state index in [1.165, 1.54) is 40.1 Å². The van der Waals surface area contributed by atoms with Crippen molar-refractivity contribution in [1.82, 2.24) is 23.9 Å². The fourth-order valence-electron chi connectivity index (χ4n) is 8.91. The van der Waals surface area contributed by atoms with Crippen molar-refractivity contribution in [1.29, 1.82) is 0 Å². The predicted octanol–water partition coefficient (Wildman–Crippen LogP) is 8.46. The lowest BCUT2D eigenvalue weighted by molar-refractivity contribution is -0.142. The van der Waals surface area contributed by atoms with Crippen molar-refractivity contribution in [3.05, 3.63) is 115 Å². The van der Waals surface area contributed by atoms with Gasteiger partial charge in [0.15, 0.2) is 0 Å². The average molecular weight is 832 g/mol. The minimum absolute atomic E-state index is 0.230. The molecule has 0 unspecified atom stereocenters. The number of hydrogen-bond acceptors (Lipinski definition) is 9. The Morgan fingerprint density at radius 3 is 1.79 bits per heavy atom. The van der Waals surface area contributed by atoms with Gasteiger partial charge in [-0.1, -0.05) is 42.5 Å². The molecule has 320 valence electrons. The lowest BCUT2D eigenvalue weighted by Gasteiger charge is -2.34. The Morgan fingerprint density at radius 1 is 0.597 bits per heavy atom. The second-order valence-electron chi connectivity index (χ2n) is 16.4. The first-order chi connectivity index (χ1) is 30.3. The molecule has 2 aliphatic heterocycles. The van der Waals surface area contributed by atoms with Crippen molar-refractivity contribution < 1.29 is 19.0 Å². The van der Waals surface area contributed by atoms with E-state index in [9.17, 15) is 4.79 Å². The summed E-state index contributed by atoms with van der Waals surface area (Å²) in [6, 6.07) is 41.9. The van der Waals surface area contributed by atoms with Crippen LogP contribution >= 0.6 is 0 Å². The van der Waals surface area contributed by atoms with Crippen LogP contribution in [0.5, 0.6) is 5.75 Å². The molecule has 2 aromatic heterocycles. The van der Waals surface area contributed by atoms with E-state index < -0.39 is 0 Å². The summed E-state index contributed by atoms with van der Waals surface area (Å²) in [5, 5.41) is 2.45. The molecule has 2 saturated heterocycles. The highest BCUT2D eigenvalue weighted by Gasteiger charge is 2.25. The van der Waals surface area contributed by atoms with Gasteiger partial charge in [-0.15, -0.1) is 0 Å². The van der Waals surface area contributed by atoms with Crippen LogP contribution in [0.3, 0.4) is 0 Å². The standard InChI is InChI=1S/C51H57N7O4/c1-5-57-47-9-7-6-8-45(47)46-36-40(14-23-48(46)57)51-52-49(38-10-15-41(16-11-38)55-28-24-53(3)25-29-55)50(39-12-17-42(18-13-39)56-30-26-54(4)27-31-56)58(51)43-19-21-44(22-20-43)62-35-33-60-32-34-61-37(2)59/h6-23,36H,5,24-35H2,1-4H3. The number of nitrogens with zero attached hydrogens (tertiary/aromatic N) is 7. The van der Waals surface area contributed by atoms with Crippen LogP contribution in [-0.4, -0.2) is 123 Å². The second kappa shape index (κ2) is 18.5. The number of esters is 1. The molecule has 2 aliphatic rings. The van der Waals surface area contributed by atoms with Gasteiger partial charge in [-0.25, -0.2) is 4.98 Å². The summed E-state index contributed by atoms with van der Waals surface area (Å²) in [4.78, 5) is 26.5. The van der Waals surface area contributed by atoms with Gasteiger partial charge in [0.1, 0.15) is 24.8 Å². The first-order valence-corrected chi connectivity index (χ1v) is 22.0. The predicted molar refractivity (Wildman–Crippen MR) is 251 cm³/mol. The zero-order valence-corrected chi connectivity index (χ0v) is 36.4. The molecule has 4 heterocycles. The Hall–Kier alpha value is -6.14. The van der Waals surface area contributed by atoms with Gasteiger partial charge in [-0.2, -0.15) is 0 Å². The summed E-state index contributed by atoms with van der Waals surface area (Å²) >= 11 is 0. The fourth-order valence-corrected chi connectivity index (χ4v) is 8.91. The minimum atomic E-state index is -0.312. The molecule has 11 nitrogen and oxygen atoms in total. The van der Waals surface area contributed by atoms with Gasteiger partial charge < -0.3 is 38.4 Å². The maximum atomic E-state index is 11.1. The molecule has 7 aromatic rings. The number of benzene rings is 5. The number of aryl methyl sites for hydroxylation is 1. The van der Waals surface area contributed by atoms with Crippen LogP contribution in [0.15, 0.2) is 115 Å². The fraction of sp³-hybridized carbons (Fsp3) is 0.333. The van der Waals surface area contributed by atoms with Crippen LogP contribution in [0.4, 0.5) is 11.4 Å². The van der Waals surface area contributed by atoms with Crippen molar-refractivity contribution in [3.8, 4) is 45.3 Å². The molecule has 5 aromatic carbocycles. The number of imidazole rings is 1. The maximum Gasteiger partial charge on any atom is 0.302 e. The number of carbonyl (C=O) groups excluding carboxylic acids is 1. The number of piperazine rings is 2. The van der Waals surface area contributed by atoms with Crippen LogP contribution in [0.25, 0.3) is 61.4 Å². The van der Waals surface area contributed by atoms with Crippen molar-refractivity contribution in [2.75, 3.05) is 103 Å². The average Bonchev–Trinajstić information content (AvgIpc) is 3.86. The Labute approximate surface area is 364 Å². The summed E-state index contributed by atoms with van der Waals surface area (Å²) in [5.74, 6) is 1.30. The van der Waals surface area contributed by atoms with E-state index in [-0.39, 0.29) is 12.6 Å². The monoisotopic (exact) mass is 831 g/mol. The molecule has 0 atom stereocenters. The third-order valence-corrected chi connectivity index (χ3v) is 12.4. The van der Waals surface area contributed by atoms with Crippen LogP contribution in [0.2, 0.25) is 0 Å². The lowest BCUT2D eigenvalue weighted by Crippen LogP contribution is -2.44. The Morgan fingerprint density at radius 2 is 1.16 bits per heavy atom. The molecule has 0 saturated carbocycles. The molecule has 0 aliphatic carbocycles. The van der Waals surface area contributed by atoms with Gasteiger partial charge in [0.2, 0.25) is 0 Å². The van der Waals surface area contributed by atoms with Crippen molar-refractivity contribution in [3.63, 3.8) is 0 Å². The van der Waals surface area contributed by atoms with Crippen LogP contribution in [0.1, 0.15) is 13.8 Å². The minimum Gasteiger partial charge on any atom is -0.491 e. The maximum absolute atomic E-state index is 11.1. The SMILES string of the molecule is CCn1c2ccccc2c2cc(-c3nc(-c4ccc(N5CCN(C)CC5)cc4)c(-c4ccc(N5CCN(C)CC5)cc4)n3-c3ccc(OCCOCCOC(C)=O)cc3)ccc21. The first kappa shape index (κ1) is 41.2. The molecule has 0 amide bonds. The number of para-hydroxylation sites is 1. The van der Waals surface area contributed by atoms with E-state index >= 15 is 0 Å². The molecule has 9 rings (SSSR count). The number of likely N-dealkylation sites (N-methyl/N-ethyl adjacent to an activating group) is 2. The quantitative estimate of drug-likeness (QED) is 0.0793. The van der Waals surface area contributed by atoms with E-state index in [0.29, 0.717) is 19.8 Å².